The van der Waals surface area contributed by atoms with Crippen LogP contribution in [0.25, 0.3) is 22.1 Å². The zero-order chi connectivity index (χ0) is 23.5. The Hall–Kier alpha value is -4.23. The molecule has 4 aromatic rings. The molecule has 2 aromatic carbocycles. The number of H-pyrrole nitrogens is 1. The maximum atomic E-state index is 12.8. The number of rotatable bonds is 7. The average Bonchev–Trinajstić information content (AvgIpc) is 3.15. The molecule has 1 amide bonds. The molecule has 10 nitrogen and oxygen atoms in total. The van der Waals surface area contributed by atoms with Crippen molar-refractivity contribution in [3.8, 4) is 6.07 Å². The molecule has 2 N–H and O–H groups in total. The second-order valence-corrected chi connectivity index (χ2v) is 7.46. The molecule has 0 spiro atoms. The topological polar surface area (TPSA) is 135 Å². The fourth-order valence-electron chi connectivity index (χ4n) is 3.64. The lowest BCUT2D eigenvalue weighted by Crippen LogP contribution is -2.34. The van der Waals surface area contributed by atoms with Gasteiger partial charge in [0.05, 0.1) is 33.7 Å². The lowest BCUT2D eigenvalue weighted by atomic mass is 10.1. The third-order valence-electron chi connectivity index (χ3n) is 5.35. The molecule has 33 heavy (non-hydrogen) atoms. The second-order valence-electron chi connectivity index (χ2n) is 7.46. The lowest BCUT2D eigenvalue weighted by molar-refractivity contribution is 0.102. The number of carbonyl (C=O) groups is 1. The highest BCUT2D eigenvalue weighted by Gasteiger charge is 2.17. The number of benzene rings is 2. The maximum Gasteiger partial charge on any atom is 0.316 e. The summed E-state index contributed by atoms with van der Waals surface area (Å²) in [6.45, 7) is 3.58. The summed E-state index contributed by atoms with van der Waals surface area (Å²) in [7, 11) is 1.54. The zero-order valence-corrected chi connectivity index (χ0v) is 18.2. The third kappa shape index (κ3) is 4.26. The van der Waals surface area contributed by atoms with Gasteiger partial charge in [0, 0.05) is 32.4 Å². The Bertz CT molecular complexity index is 1510. The van der Waals surface area contributed by atoms with Crippen molar-refractivity contribution in [2.45, 2.75) is 19.9 Å². The van der Waals surface area contributed by atoms with E-state index in [1.165, 1.54) is 11.6 Å². The number of imidazole rings is 1. The highest BCUT2D eigenvalue weighted by atomic mass is 16.5. The SMILES string of the molecule is CCOCCCn1c(NC(=O)c2ccc(C#N)cc2)nc2cc3[nH]c(=O)c(=O)n(C)c3cc21. The zero-order valence-electron chi connectivity index (χ0n) is 18.2. The normalized spacial score (nSPS) is 11.1. The minimum absolute atomic E-state index is 0.332. The number of amides is 1. The minimum Gasteiger partial charge on any atom is -0.382 e. The highest BCUT2D eigenvalue weighted by molar-refractivity contribution is 6.04. The fraction of sp³-hybridized carbons (Fsp3) is 0.261. The van der Waals surface area contributed by atoms with Crippen LogP contribution >= 0.6 is 0 Å². The quantitative estimate of drug-likeness (QED) is 0.330. The molecule has 0 aliphatic heterocycles. The number of anilines is 1. The van der Waals surface area contributed by atoms with E-state index < -0.39 is 11.1 Å². The number of nitrogens with one attached hydrogen (secondary N) is 2. The lowest BCUT2D eigenvalue weighted by Gasteiger charge is -2.11. The van der Waals surface area contributed by atoms with Gasteiger partial charge in [-0.15, -0.1) is 0 Å². The number of hydrogen-bond acceptors (Lipinski definition) is 6. The molecule has 0 saturated heterocycles. The Kier molecular flexibility index (Phi) is 6.06. The number of hydrogen-bond donors (Lipinski definition) is 2. The van der Waals surface area contributed by atoms with Gasteiger partial charge in [-0.3, -0.25) is 19.7 Å². The van der Waals surface area contributed by atoms with Crippen LogP contribution in [-0.4, -0.2) is 38.2 Å². The van der Waals surface area contributed by atoms with E-state index >= 15 is 0 Å². The van der Waals surface area contributed by atoms with Crippen molar-refractivity contribution in [3.63, 3.8) is 0 Å². The second kappa shape index (κ2) is 9.10. The first kappa shape index (κ1) is 22.0. The van der Waals surface area contributed by atoms with Gasteiger partial charge in [0.15, 0.2) is 0 Å². The molecule has 2 heterocycles. The number of nitriles is 1. The average molecular weight is 446 g/mol. The number of fused-ring (bicyclic) bond motifs is 2. The molecule has 0 radical (unpaired) electrons. The van der Waals surface area contributed by atoms with Gasteiger partial charge in [-0.2, -0.15) is 5.26 Å². The van der Waals surface area contributed by atoms with E-state index in [4.69, 9.17) is 10.00 Å². The first-order valence-corrected chi connectivity index (χ1v) is 10.5. The molecule has 10 heteroatoms. The highest BCUT2D eigenvalue weighted by Crippen LogP contribution is 2.25. The van der Waals surface area contributed by atoms with Crippen LogP contribution in [0.3, 0.4) is 0 Å². The van der Waals surface area contributed by atoms with E-state index in [2.05, 4.69) is 15.3 Å². The molecule has 0 aliphatic carbocycles. The van der Waals surface area contributed by atoms with Crippen LogP contribution in [0.4, 0.5) is 5.95 Å². The van der Waals surface area contributed by atoms with E-state index in [9.17, 15) is 14.4 Å². The Morgan fingerprint density at radius 1 is 1.21 bits per heavy atom. The smallest absolute Gasteiger partial charge is 0.316 e. The van der Waals surface area contributed by atoms with Crippen molar-refractivity contribution in [2.75, 3.05) is 18.5 Å². The van der Waals surface area contributed by atoms with E-state index in [-0.39, 0.29) is 5.91 Å². The van der Waals surface area contributed by atoms with Crippen molar-refractivity contribution >= 4 is 33.9 Å². The van der Waals surface area contributed by atoms with Gasteiger partial charge in [0.25, 0.3) is 5.91 Å². The van der Waals surface area contributed by atoms with Gasteiger partial charge < -0.3 is 18.9 Å². The molecule has 0 bridgehead atoms. The predicted molar refractivity (Wildman–Crippen MR) is 123 cm³/mol. The van der Waals surface area contributed by atoms with Crippen molar-refractivity contribution in [1.82, 2.24) is 19.1 Å². The van der Waals surface area contributed by atoms with Gasteiger partial charge in [-0.25, -0.2) is 4.98 Å². The molecule has 0 unspecified atom stereocenters. The van der Waals surface area contributed by atoms with Crippen LogP contribution in [-0.2, 0) is 18.3 Å². The number of aryl methyl sites for hydroxylation is 2. The van der Waals surface area contributed by atoms with E-state index in [1.807, 2.05) is 17.6 Å². The Morgan fingerprint density at radius 2 is 1.97 bits per heavy atom. The monoisotopic (exact) mass is 446 g/mol. The minimum atomic E-state index is -0.713. The summed E-state index contributed by atoms with van der Waals surface area (Å²) >= 11 is 0. The number of nitrogens with zero attached hydrogens (tertiary/aromatic N) is 4. The van der Waals surface area contributed by atoms with Crippen LogP contribution < -0.4 is 16.4 Å². The van der Waals surface area contributed by atoms with Gasteiger partial charge in [0.1, 0.15) is 0 Å². The summed E-state index contributed by atoms with van der Waals surface area (Å²) in [6.07, 6.45) is 0.682. The molecule has 168 valence electrons. The van der Waals surface area contributed by atoms with E-state index in [1.54, 1.807) is 36.4 Å². The molecule has 0 aliphatic rings. The summed E-state index contributed by atoms with van der Waals surface area (Å²) in [6, 6.07) is 11.8. The largest absolute Gasteiger partial charge is 0.382 e. The van der Waals surface area contributed by atoms with Gasteiger partial charge in [0.2, 0.25) is 5.95 Å². The van der Waals surface area contributed by atoms with Crippen LogP contribution in [0.15, 0.2) is 46.0 Å². The Balaban J connectivity index is 1.79. The molecule has 0 saturated carbocycles. The number of aromatic nitrogens is 4. The maximum absolute atomic E-state index is 12.8. The first-order valence-electron chi connectivity index (χ1n) is 10.5. The van der Waals surface area contributed by atoms with Gasteiger partial charge >= 0.3 is 11.1 Å². The summed E-state index contributed by atoms with van der Waals surface area (Å²) in [5.74, 6) is -0.0373. The number of carbonyl (C=O) groups excluding carboxylic acids is 1. The van der Waals surface area contributed by atoms with Crippen LogP contribution in [0.5, 0.6) is 0 Å². The molecule has 2 aromatic heterocycles. The molecular formula is C23H22N6O4. The van der Waals surface area contributed by atoms with Crippen LogP contribution in [0.2, 0.25) is 0 Å². The van der Waals surface area contributed by atoms with E-state index in [0.29, 0.717) is 65.3 Å². The third-order valence-corrected chi connectivity index (χ3v) is 5.35. The van der Waals surface area contributed by atoms with Gasteiger partial charge in [-0.05, 0) is 49.7 Å². The summed E-state index contributed by atoms with van der Waals surface area (Å²) < 4.78 is 8.59. The van der Waals surface area contributed by atoms with Crippen molar-refractivity contribution in [2.24, 2.45) is 7.05 Å². The predicted octanol–water partition coefficient (Wildman–Crippen LogP) is 2.13. The summed E-state index contributed by atoms with van der Waals surface area (Å²) in [4.78, 5) is 44.0. The molecule has 0 fully saturated rings. The molecule has 0 atom stereocenters. The van der Waals surface area contributed by atoms with Gasteiger partial charge in [-0.1, -0.05) is 0 Å². The first-order chi connectivity index (χ1) is 15.9. The van der Waals surface area contributed by atoms with Crippen molar-refractivity contribution in [1.29, 1.82) is 5.26 Å². The van der Waals surface area contributed by atoms with E-state index in [0.717, 1.165) is 0 Å². The Morgan fingerprint density at radius 3 is 2.67 bits per heavy atom. The molecular weight excluding hydrogens is 424 g/mol. The Labute approximate surface area is 188 Å². The van der Waals surface area contributed by atoms with Crippen LogP contribution in [0, 0.1) is 11.3 Å². The standard InChI is InChI=1S/C23H22N6O4/c1-3-33-10-4-9-29-19-12-18-16(25-21(31)22(32)28(18)2)11-17(19)26-23(29)27-20(30)15-7-5-14(13-24)6-8-15/h5-8,11-12H,3-4,9-10H2,1-2H3,(H,25,31)(H,26,27,30). The van der Waals surface area contributed by atoms with Crippen molar-refractivity contribution < 1.29 is 9.53 Å². The summed E-state index contributed by atoms with van der Waals surface area (Å²) in [5, 5.41) is 11.8. The van der Waals surface area contributed by atoms with Crippen molar-refractivity contribution in [3.05, 3.63) is 68.2 Å². The number of aromatic amines is 1. The summed E-state index contributed by atoms with van der Waals surface area (Å²) in [5.41, 5.74) is 1.76. The van der Waals surface area contributed by atoms with Crippen LogP contribution in [0.1, 0.15) is 29.3 Å². The fourth-order valence-corrected chi connectivity index (χ4v) is 3.64. The molecule has 4 rings (SSSR count). The number of ether oxygens (including phenoxy) is 1.